The molecule has 84 valence electrons. The first-order valence-corrected chi connectivity index (χ1v) is 6.47. The van der Waals surface area contributed by atoms with Crippen LogP contribution in [0.5, 0.6) is 0 Å². The van der Waals surface area contributed by atoms with Crippen LogP contribution in [-0.2, 0) is 4.79 Å². The first-order valence-electron chi connectivity index (χ1n) is 5.07. The topological polar surface area (TPSA) is 55.1 Å². The smallest absolute Gasteiger partial charge is 0.237 e. The molecule has 0 heterocycles. The van der Waals surface area contributed by atoms with Gasteiger partial charge in [0.2, 0.25) is 5.91 Å². The molecule has 0 bridgehead atoms. The standard InChI is InChI=1S/C10H22N2OS/c1-5-7(2)9(11)10(13)12-8(3)6-14-4/h7-9H,5-6,11H2,1-4H3,(H,12,13)/t7?,8?,9-/m0/s1. The molecule has 0 saturated heterocycles. The van der Waals surface area contributed by atoms with E-state index in [1.807, 2.05) is 27.0 Å². The van der Waals surface area contributed by atoms with Crippen molar-refractivity contribution < 1.29 is 4.79 Å². The van der Waals surface area contributed by atoms with Crippen molar-refractivity contribution in [2.24, 2.45) is 11.7 Å². The molecule has 0 aromatic heterocycles. The molecule has 0 spiro atoms. The zero-order chi connectivity index (χ0) is 11.1. The third-order valence-electron chi connectivity index (χ3n) is 2.37. The van der Waals surface area contributed by atoms with Crippen molar-refractivity contribution in [1.82, 2.24) is 5.32 Å². The molecule has 3 atom stereocenters. The number of thioether (sulfide) groups is 1. The summed E-state index contributed by atoms with van der Waals surface area (Å²) in [6.45, 7) is 6.05. The fraction of sp³-hybridized carbons (Fsp3) is 0.900. The molecular weight excluding hydrogens is 196 g/mol. The van der Waals surface area contributed by atoms with Gasteiger partial charge in [-0.1, -0.05) is 20.3 Å². The van der Waals surface area contributed by atoms with E-state index in [4.69, 9.17) is 5.73 Å². The highest BCUT2D eigenvalue weighted by Crippen LogP contribution is 2.06. The predicted octanol–water partition coefficient (Wildman–Crippen LogP) is 1.23. The van der Waals surface area contributed by atoms with Crippen molar-refractivity contribution in [2.75, 3.05) is 12.0 Å². The van der Waals surface area contributed by atoms with Crippen LogP contribution in [0.4, 0.5) is 0 Å². The van der Waals surface area contributed by atoms with E-state index in [0.717, 1.165) is 12.2 Å². The van der Waals surface area contributed by atoms with Crippen molar-refractivity contribution in [3.8, 4) is 0 Å². The van der Waals surface area contributed by atoms with E-state index >= 15 is 0 Å². The Balaban J connectivity index is 3.94. The Bertz CT molecular complexity index is 176. The van der Waals surface area contributed by atoms with Gasteiger partial charge in [-0.15, -0.1) is 0 Å². The molecule has 1 amide bonds. The molecular formula is C10H22N2OS. The summed E-state index contributed by atoms with van der Waals surface area (Å²) >= 11 is 1.72. The highest BCUT2D eigenvalue weighted by molar-refractivity contribution is 7.98. The second-order valence-corrected chi connectivity index (χ2v) is 4.69. The Morgan fingerprint density at radius 3 is 2.50 bits per heavy atom. The fourth-order valence-corrected chi connectivity index (χ4v) is 1.73. The molecule has 0 radical (unpaired) electrons. The molecule has 0 aliphatic carbocycles. The molecule has 3 N–H and O–H groups in total. The van der Waals surface area contributed by atoms with Crippen LogP contribution in [0.3, 0.4) is 0 Å². The van der Waals surface area contributed by atoms with Crippen molar-refractivity contribution in [3.63, 3.8) is 0 Å². The van der Waals surface area contributed by atoms with Gasteiger partial charge in [0.15, 0.2) is 0 Å². The van der Waals surface area contributed by atoms with E-state index in [0.29, 0.717) is 0 Å². The van der Waals surface area contributed by atoms with Gasteiger partial charge in [-0.3, -0.25) is 4.79 Å². The summed E-state index contributed by atoms with van der Waals surface area (Å²) in [6, 6.07) is -0.170. The summed E-state index contributed by atoms with van der Waals surface area (Å²) in [4.78, 5) is 11.6. The molecule has 0 fully saturated rings. The lowest BCUT2D eigenvalue weighted by atomic mass is 9.99. The third-order valence-corrected chi connectivity index (χ3v) is 3.20. The van der Waals surface area contributed by atoms with Crippen LogP contribution in [0.25, 0.3) is 0 Å². The van der Waals surface area contributed by atoms with Crippen LogP contribution in [0.15, 0.2) is 0 Å². The number of rotatable bonds is 6. The first-order chi connectivity index (χ1) is 6.52. The van der Waals surface area contributed by atoms with Gasteiger partial charge in [0.25, 0.3) is 0 Å². The van der Waals surface area contributed by atoms with E-state index in [1.54, 1.807) is 11.8 Å². The normalized spacial score (nSPS) is 17.2. The van der Waals surface area contributed by atoms with Crippen molar-refractivity contribution in [3.05, 3.63) is 0 Å². The second-order valence-electron chi connectivity index (χ2n) is 3.78. The molecule has 0 aliphatic heterocycles. The van der Waals surface area contributed by atoms with Crippen LogP contribution in [0, 0.1) is 5.92 Å². The van der Waals surface area contributed by atoms with Gasteiger partial charge in [-0.2, -0.15) is 11.8 Å². The van der Waals surface area contributed by atoms with E-state index in [1.165, 1.54) is 0 Å². The molecule has 0 rings (SSSR count). The van der Waals surface area contributed by atoms with Gasteiger partial charge in [0, 0.05) is 11.8 Å². The van der Waals surface area contributed by atoms with E-state index < -0.39 is 0 Å². The maximum Gasteiger partial charge on any atom is 0.237 e. The Kier molecular flexibility index (Phi) is 7.01. The number of carbonyl (C=O) groups is 1. The number of hydrogen-bond acceptors (Lipinski definition) is 3. The fourth-order valence-electron chi connectivity index (χ4n) is 1.14. The number of nitrogens with one attached hydrogen (secondary N) is 1. The van der Waals surface area contributed by atoms with Gasteiger partial charge in [0.1, 0.15) is 0 Å². The lowest BCUT2D eigenvalue weighted by Gasteiger charge is -2.20. The zero-order valence-electron chi connectivity index (χ0n) is 9.54. The minimum atomic E-state index is -0.371. The minimum Gasteiger partial charge on any atom is -0.351 e. The summed E-state index contributed by atoms with van der Waals surface area (Å²) in [5.41, 5.74) is 5.80. The average molecular weight is 218 g/mol. The van der Waals surface area contributed by atoms with Gasteiger partial charge >= 0.3 is 0 Å². The minimum absolute atomic E-state index is 0.0269. The SMILES string of the molecule is CCC(C)[C@H](N)C(=O)NC(C)CSC. The Hall–Kier alpha value is -0.220. The van der Waals surface area contributed by atoms with Crippen molar-refractivity contribution in [2.45, 2.75) is 39.3 Å². The van der Waals surface area contributed by atoms with E-state index in [9.17, 15) is 4.79 Å². The van der Waals surface area contributed by atoms with Crippen LogP contribution in [0.2, 0.25) is 0 Å². The zero-order valence-corrected chi connectivity index (χ0v) is 10.4. The van der Waals surface area contributed by atoms with Gasteiger partial charge in [-0.25, -0.2) is 0 Å². The predicted molar refractivity (Wildman–Crippen MR) is 63.4 cm³/mol. The highest BCUT2D eigenvalue weighted by atomic mass is 32.2. The molecule has 3 nitrogen and oxygen atoms in total. The Labute approximate surface area is 91.2 Å². The number of hydrogen-bond donors (Lipinski definition) is 2. The Morgan fingerprint density at radius 1 is 1.50 bits per heavy atom. The summed E-state index contributed by atoms with van der Waals surface area (Å²) in [7, 11) is 0. The van der Waals surface area contributed by atoms with E-state index in [2.05, 4.69) is 5.32 Å². The first kappa shape index (κ1) is 13.8. The summed E-state index contributed by atoms with van der Waals surface area (Å²) in [6.07, 6.45) is 2.96. The molecule has 0 aliphatic rings. The number of nitrogens with two attached hydrogens (primary N) is 1. The summed E-state index contributed by atoms with van der Waals surface area (Å²) in [5.74, 6) is 1.15. The number of carbonyl (C=O) groups excluding carboxylic acids is 1. The number of amides is 1. The molecule has 14 heavy (non-hydrogen) atoms. The lowest BCUT2D eigenvalue weighted by molar-refractivity contribution is -0.123. The molecule has 2 unspecified atom stereocenters. The van der Waals surface area contributed by atoms with Crippen molar-refractivity contribution in [1.29, 1.82) is 0 Å². The van der Waals surface area contributed by atoms with Gasteiger partial charge in [-0.05, 0) is 19.1 Å². The van der Waals surface area contributed by atoms with Crippen LogP contribution in [0.1, 0.15) is 27.2 Å². The van der Waals surface area contributed by atoms with Crippen LogP contribution < -0.4 is 11.1 Å². The van der Waals surface area contributed by atoms with Crippen LogP contribution >= 0.6 is 11.8 Å². The van der Waals surface area contributed by atoms with Crippen LogP contribution in [-0.4, -0.2) is 30.0 Å². The molecule has 4 heteroatoms. The average Bonchev–Trinajstić information content (AvgIpc) is 2.15. The maximum absolute atomic E-state index is 11.6. The second kappa shape index (κ2) is 7.12. The Morgan fingerprint density at radius 2 is 2.07 bits per heavy atom. The highest BCUT2D eigenvalue weighted by Gasteiger charge is 2.20. The van der Waals surface area contributed by atoms with Gasteiger partial charge < -0.3 is 11.1 Å². The third kappa shape index (κ3) is 4.86. The largest absolute Gasteiger partial charge is 0.351 e. The monoisotopic (exact) mass is 218 g/mol. The summed E-state index contributed by atoms with van der Waals surface area (Å²) < 4.78 is 0. The summed E-state index contributed by atoms with van der Waals surface area (Å²) in [5, 5.41) is 2.91. The molecule has 0 aromatic carbocycles. The molecule has 0 saturated carbocycles. The van der Waals surface area contributed by atoms with Crippen molar-refractivity contribution >= 4 is 17.7 Å². The van der Waals surface area contributed by atoms with E-state index in [-0.39, 0.29) is 23.9 Å². The maximum atomic E-state index is 11.6. The quantitative estimate of drug-likeness (QED) is 0.705. The lowest BCUT2D eigenvalue weighted by Crippen LogP contribution is -2.48. The molecule has 0 aromatic rings. The van der Waals surface area contributed by atoms with Gasteiger partial charge in [0.05, 0.1) is 6.04 Å².